The summed E-state index contributed by atoms with van der Waals surface area (Å²) in [5.74, 6) is 0.575. The van der Waals surface area contributed by atoms with E-state index in [0.717, 1.165) is 27.8 Å². The molecule has 4 rings (SSSR count). The van der Waals surface area contributed by atoms with Gasteiger partial charge in [-0.05, 0) is 36.2 Å². The second-order valence-corrected chi connectivity index (χ2v) is 9.81. The highest BCUT2D eigenvalue weighted by atomic mass is 32.2. The molecule has 33 heavy (non-hydrogen) atoms. The van der Waals surface area contributed by atoms with Gasteiger partial charge >= 0.3 is 0 Å². The van der Waals surface area contributed by atoms with Crippen LogP contribution in [0.1, 0.15) is 40.2 Å². The molecule has 2 heterocycles. The highest BCUT2D eigenvalue weighted by molar-refractivity contribution is 7.99. The van der Waals surface area contributed by atoms with Gasteiger partial charge in [-0.2, -0.15) is 0 Å². The van der Waals surface area contributed by atoms with E-state index in [1.54, 1.807) is 29.8 Å². The van der Waals surface area contributed by atoms with E-state index in [0.29, 0.717) is 30.3 Å². The average molecular weight is 483 g/mol. The molecule has 1 aromatic heterocycles. The standard InChI is InChI=1S/C24H26N4O3S2/c1-3-16-8-10-18(11-9-16)28-15-17(14-21(28)29)23-26-27-24(33-23)25-22(30)19-6-4-5-7-20(19)32-13-12-31-2/h4-11,17H,3,12-15H2,1-2H3,(H,25,27,30)/t17-/m1/s1. The topological polar surface area (TPSA) is 84.4 Å². The van der Waals surface area contributed by atoms with Crippen molar-refractivity contribution in [3.8, 4) is 0 Å². The fourth-order valence-corrected chi connectivity index (χ4v) is 5.45. The lowest BCUT2D eigenvalue weighted by Gasteiger charge is -2.16. The van der Waals surface area contributed by atoms with Gasteiger partial charge in [-0.25, -0.2) is 0 Å². The molecule has 1 fully saturated rings. The first-order chi connectivity index (χ1) is 16.1. The number of aromatic nitrogens is 2. The van der Waals surface area contributed by atoms with Crippen molar-refractivity contribution in [1.82, 2.24) is 10.2 Å². The van der Waals surface area contributed by atoms with E-state index in [1.807, 2.05) is 30.3 Å². The summed E-state index contributed by atoms with van der Waals surface area (Å²) in [5, 5.41) is 12.5. The molecule has 1 aliphatic heterocycles. The summed E-state index contributed by atoms with van der Waals surface area (Å²) in [4.78, 5) is 28.2. The van der Waals surface area contributed by atoms with Crippen LogP contribution >= 0.6 is 23.1 Å². The average Bonchev–Trinajstić information content (AvgIpc) is 3.46. The molecule has 2 aromatic carbocycles. The number of carbonyl (C=O) groups excluding carboxylic acids is 2. The number of amides is 2. The largest absolute Gasteiger partial charge is 0.384 e. The molecule has 1 atom stereocenters. The van der Waals surface area contributed by atoms with Crippen molar-refractivity contribution in [2.24, 2.45) is 0 Å². The van der Waals surface area contributed by atoms with Gasteiger partial charge in [0.2, 0.25) is 11.0 Å². The monoisotopic (exact) mass is 482 g/mol. The number of nitrogens with one attached hydrogen (secondary N) is 1. The molecule has 3 aromatic rings. The summed E-state index contributed by atoms with van der Waals surface area (Å²) >= 11 is 2.90. The first kappa shape index (κ1) is 23.4. The normalized spacial score (nSPS) is 15.8. The van der Waals surface area contributed by atoms with Gasteiger partial charge in [0.15, 0.2) is 0 Å². The number of aryl methyl sites for hydroxylation is 1. The Bertz CT molecular complexity index is 1120. The number of rotatable bonds is 9. The van der Waals surface area contributed by atoms with Crippen LogP contribution in [0, 0.1) is 0 Å². The zero-order valence-corrected chi connectivity index (χ0v) is 20.2. The molecule has 1 saturated heterocycles. The van der Waals surface area contributed by atoms with Gasteiger partial charge in [0.05, 0.1) is 12.2 Å². The van der Waals surface area contributed by atoms with Crippen molar-refractivity contribution >= 4 is 45.7 Å². The number of thioether (sulfide) groups is 1. The van der Waals surface area contributed by atoms with Crippen LogP contribution in [-0.4, -0.2) is 48.0 Å². The minimum atomic E-state index is -0.224. The smallest absolute Gasteiger partial charge is 0.258 e. The quantitative estimate of drug-likeness (QED) is 0.354. The molecule has 0 radical (unpaired) electrons. The van der Waals surface area contributed by atoms with Gasteiger partial charge in [0.25, 0.3) is 5.91 Å². The maximum atomic E-state index is 12.9. The lowest BCUT2D eigenvalue weighted by atomic mass is 10.1. The van der Waals surface area contributed by atoms with Crippen molar-refractivity contribution in [2.45, 2.75) is 30.6 Å². The maximum Gasteiger partial charge on any atom is 0.258 e. The molecule has 0 saturated carbocycles. The number of methoxy groups -OCH3 is 1. The van der Waals surface area contributed by atoms with Crippen LogP contribution < -0.4 is 10.2 Å². The molecule has 0 spiro atoms. The number of hydrogen-bond donors (Lipinski definition) is 1. The van der Waals surface area contributed by atoms with Crippen LogP contribution in [0.2, 0.25) is 0 Å². The van der Waals surface area contributed by atoms with Crippen molar-refractivity contribution in [2.75, 3.05) is 36.2 Å². The zero-order chi connectivity index (χ0) is 23.2. The maximum absolute atomic E-state index is 12.9. The van der Waals surface area contributed by atoms with Crippen LogP contribution in [0.5, 0.6) is 0 Å². The van der Waals surface area contributed by atoms with Gasteiger partial charge in [-0.15, -0.1) is 22.0 Å². The summed E-state index contributed by atoms with van der Waals surface area (Å²) in [6.07, 6.45) is 1.35. The molecular weight excluding hydrogens is 456 g/mol. The molecule has 1 N–H and O–H groups in total. The third-order valence-electron chi connectivity index (χ3n) is 5.47. The number of benzene rings is 2. The van der Waals surface area contributed by atoms with Crippen LogP contribution in [0.3, 0.4) is 0 Å². The van der Waals surface area contributed by atoms with Crippen LogP contribution in [0.4, 0.5) is 10.8 Å². The van der Waals surface area contributed by atoms with Crippen LogP contribution in [0.25, 0.3) is 0 Å². The lowest BCUT2D eigenvalue weighted by Crippen LogP contribution is -2.24. The SMILES string of the molecule is CCc1ccc(N2C[C@H](c3nnc(NC(=O)c4ccccc4SCCOC)s3)CC2=O)cc1. The molecule has 7 nitrogen and oxygen atoms in total. The van der Waals surface area contributed by atoms with Gasteiger partial charge in [0.1, 0.15) is 5.01 Å². The van der Waals surface area contributed by atoms with Gasteiger partial charge in [0, 0.05) is 42.3 Å². The molecule has 1 aliphatic rings. The first-order valence-corrected chi connectivity index (χ1v) is 12.6. The van der Waals surface area contributed by atoms with Crippen molar-refractivity contribution in [1.29, 1.82) is 0 Å². The first-order valence-electron chi connectivity index (χ1n) is 10.8. The van der Waals surface area contributed by atoms with Gasteiger partial charge in [-0.3, -0.25) is 14.9 Å². The van der Waals surface area contributed by atoms with Crippen molar-refractivity contribution in [3.05, 3.63) is 64.7 Å². The molecular formula is C24H26N4O3S2. The molecule has 0 unspecified atom stereocenters. The summed E-state index contributed by atoms with van der Waals surface area (Å²) in [5.41, 5.74) is 2.73. The van der Waals surface area contributed by atoms with E-state index in [2.05, 4.69) is 34.6 Å². The number of nitrogens with zero attached hydrogens (tertiary/aromatic N) is 3. The third kappa shape index (κ3) is 5.61. The highest BCUT2D eigenvalue weighted by Crippen LogP contribution is 2.34. The van der Waals surface area contributed by atoms with E-state index in [-0.39, 0.29) is 17.7 Å². The molecule has 9 heteroatoms. The number of anilines is 2. The second kappa shape index (κ2) is 10.9. The minimum absolute atomic E-state index is 0.0385. The number of ether oxygens (including phenoxy) is 1. The van der Waals surface area contributed by atoms with Gasteiger partial charge in [-0.1, -0.05) is 42.5 Å². The highest BCUT2D eigenvalue weighted by Gasteiger charge is 2.34. The fourth-order valence-electron chi connectivity index (χ4n) is 3.66. The van der Waals surface area contributed by atoms with Crippen molar-refractivity contribution < 1.29 is 14.3 Å². The van der Waals surface area contributed by atoms with E-state index >= 15 is 0 Å². The minimum Gasteiger partial charge on any atom is -0.384 e. The lowest BCUT2D eigenvalue weighted by molar-refractivity contribution is -0.117. The van der Waals surface area contributed by atoms with E-state index < -0.39 is 0 Å². The summed E-state index contributed by atoms with van der Waals surface area (Å²) in [7, 11) is 1.66. The Labute approximate surface area is 201 Å². The van der Waals surface area contributed by atoms with Crippen LogP contribution in [0.15, 0.2) is 53.4 Å². The molecule has 0 aliphatic carbocycles. The predicted molar refractivity (Wildman–Crippen MR) is 132 cm³/mol. The van der Waals surface area contributed by atoms with Crippen molar-refractivity contribution in [3.63, 3.8) is 0 Å². The van der Waals surface area contributed by atoms with E-state index in [4.69, 9.17) is 4.74 Å². The number of carbonyl (C=O) groups is 2. The van der Waals surface area contributed by atoms with Gasteiger partial charge < -0.3 is 9.64 Å². The van der Waals surface area contributed by atoms with Crippen LogP contribution in [-0.2, 0) is 16.0 Å². The molecule has 2 amide bonds. The fraction of sp³-hybridized carbons (Fsp3) is 0.333. The Balaban J connectivity index is 1.41. The second-order valence-electron chi connectivity index (χ2n) is 7.66. The summed E-state index contributed by atoms with van der Waals surface area (Å²) in [6, 6.07) is 15.6. The summed E-state index contributed by atoms with van der Waals surface area (Å²) in [6.45, 7) is 3.28. The Morgan fingerprint density at radius 3 is 2.76 bits per heavy atom. The Kier molecular flexibility index (Phi) is 7.74. The zero-order valence-electron chi connectivity index (χ0n) is 18.6. The molecule has 0 bridgehead atoms. The Morgan fingerprint density at radius 2 is 2.00 bits per heavy atom. The van der Waals surface area contributed by atoms with E-state index in [1.165, 1.54) is 16.9 Å². The molecule has 172 valence electrons. The third-order valence-corrected chi connectivity index (χ3v) is 7.51. The number of hydrogen-bond acceptors (Lipinski definition) is 7. The Morgan fingerprint density at radius 1 is 1.21 bits per heavy atom. The predicted octanol–water partition coefficient (Wildman–Crippen LogP) is 4.61. The Hall–Kier alpha value is -2.75. The summed E-state index contributed by atoms with van der Waals surface area (Å²) < 4.78 is 5.10. The van der Waals surface area contributed by atoms with E-state index in [9.17, 15) is 9.59 Å².